The van der Waals surface area contributed by atoms with Crippen LogP contribution in [-0.4, -0.2) is 48.7 Å². The summed E-state index contributed by atoms with van der Waals surface area (Å²) in [5, 5.41) is 0. The van der Waals surface area contributed by atoms with Crippen molar-refractivity contribution in [1.29, 1.82) is 0 Å². The maximum Gasteiger partial charge on any atom is 0.227 e. The zero-order valence-electron chi connectivity index (χ0n) is 13.9. The van der Waals surface area contributed by atoms with E-state index < -0.39 is 0 Å². The molecule has 0 radical (unpaired) electrons. The number of methoxy groups -OCH3 is 1. The molecule has 1 aromatic heterocycles. The van der Waals surface area contributed by atoms with Gasteiger partial charge in [0, 0.05) is 31.9 Å². The van der Waals surface area contributed by atoms with Crippen LogP contribution in [0.3, 0.4) is 0 Å². The van der Waals surface area contributed by atoms with Gasteiger partial charge in [-0.25, -0.2) is 0 Å². The van der Waals surface area contributed by atoms with Crippen LogP contribution in [0.4, 0.5) is 0 Å². The molecule has 2 heterocycles. The van der Waals surface area contributed by atoms with Crippen LogP contribution in [0.5, 0.6) is 5.75 Å². The molecule has 3 rings (SSSR count). The number of amides is 1. The number of nitrogens with zero attached hydrogens (tertiary/aromatic N) is 2. The fourth-order valence-electron chi connectivity index (χ4n) is 2.88. The molecule has 0 saturated carbocycles. The Morgan fingerprint density at radius 2 is 2.12 bits per heavy atom. The molecular weight excluding hydrogens is 304 g/mol. The van der Waals surface area contributed by atoms with Crippen molar-refractivity contribution in [2.24, 2.45) is 0 Å². The van der Waals surface area contributed by atoms with E-state index >= 15 is 0 Å². The molecule has 1 atom stereocenters. The van der Waals surface area contributed by atoms with Gasteiger partial charge in [0.1, 0.15) is 5.75 Å². The van der Waals surface area contributed by atoms with Gasteiger partial charge in [0.25, 0.3) is 0 Å². The molecule has 0 N–H and O–H groups in total. The molecule has 1 fully saturated rings. The van der Waals surface area contributed by atoms with E-state index in [0.29, 0.717) is 26.1 Å². The Morgan fingerprint density at radius 1 is 1.29 bits per heavy atom. The highest BCUT2D eigenvalue weighted by molar-refractivity contribution is 5.78. The highest BCUT2D eigenvalue weighted by Crippen LogP contribution is 2.16. The summed E-state index contributed by atoms with van der Waals surface area (Å²) in [6.45, 7) is 1.86. The number of benzene rings is 1. The Balaban J connectivity index is 1.56. The molecule has 1 unspecified atom stereocenters. The van der Waals surface area contributed by atoms with Crippen LogP contribution >= 0.6 is 0 Å². The zero-order chi connectivity index (χ0) is 16.8. The number of ether oxygens (including phenoxy) is 2. The van der Waals surface area contributed by atoms with Crippen molar-refractivity contribution in [1.82, 2.24) is 9.88 Å². The van der Waals surface area contributed by atoms with Gasteiger partial charge in [-0.1, -0.05) is 18.2 Å². The van der Waals surface area contributed by atoms with Gasteiger partial charge in [-0.05, 0) is 29.3 Å². The van der Waals surface area contributed by atoms with Crippen molar-refractivity contribution in [2.45, 2.75) is 18.9 Å². The van der Waals surface area contributed by atoms with Crippen LogP contribution in [0.2, 0.25) is 0 Å². The van der Waals surface area contributed by atoms with E-state index in [2.05, 4.69) is 4.98 Å². The number of rotatable bonds is 5. The Kier molecular flexibility index (Phi) is 5.43. The van der Waals surface area contributed by atoms with E-state index in [1.807, 2.05) is 41.3 Å². The van der Waals surface area contributed by atoms with Crippen LogP contribution in [0, 0.1) is 0 Å². The van der Waals surface area contributed by atoms with Crippen molar-refractivity contribution >= 4 is 5.91 Å². The summed E-state index contributed by atoms with van der Waals surface area (Å²) in [4.78, 5) is 18.4. The van der Waals surface area contributed by atoms with Gasteiger partial charge in [-0.3, -0.25) is 9.78 Å². The first-order valence-corrected chi connectivity index (χ1v) is 8.16. The lowest BCUT2D eigenvalue weighted by Crippen LogP contribution is -2.46. The maximum atomic E-state index is 12.5. The quantitative estimate of drug-likeness (QED) is 0.844. The van der Waals surface area contributed by atoms with E-state index in [1.54, 1.807) is 19.5 Å². The molecule has 5 nitrogen and oxygen atoms in total. The molecule has 0 spiro atoms. The molecule has 0 aliphatic carbocycles. The first kappa shape index (κ1) is 16.5. The van der Waals surface area contributed by atoms with Gasteiger partial charge in [-0.2, -0.15) is 0 Å². The van der Waals surface area contributed by atoms with Crippen LogP contribution in [-0.2, 0) is 22.4 Å². The number of hydrogen-bond donors (Lipinski definition) is 0. The summed E-state index contributed by atoms with van der Waals surface area (Å²) in [6.07, 6.45) is 4.68. The fourth-order valence-corrected chi connectivity index (χ4v) is 2.88. The fraction of sp³-hybridized carbons (Fsp3) is 0.368. The van der Waals surface area contributed by atoms with Crippen LogP contribution in [0.25, 0.3) is 0 Å². The highest BCUT2D eigenvalue weighted by atomic mass is 16.5. The first-order chi connectivity index (χ1) is 11.7. The zero-order valence-corrected chi connectivity index (χ0v) is 13.9. The van der Waals surface area contributed by atoms with Gasteiger partial charge in [-0.15, -0.1) is 0 Å². The smallest absolute Gasteiger partial charge is 0.227 e. The minimum atomic E-state index is 0.0324. The van der Waals surface area contributed by atoms with Crippen molar-refractivity contribution in [3.8, 4) is 5.75 Å². The number of morpholine rings is 1. The molecule has 1 saturated heterocycles. The Hall–Kier alpha value is -2.40. The van der Waals surface area contributed by atoms with E-state index in [9.17, 15) is 4.79 Å². The molecule has 126 valence electrons. The number of hydrogen-bond acceptors (Lipinski definition) is 4. The lowest BCUT2D eigenvalue weighted by atomic mass is 10.1. The Morgan fingerprint density at radius 3 is 2.83 bits per heavy atom. The van der Waals surface area contributed by atoms with E-state index in [4.69, 9.17) is 9.47 Å². The van der Waals surface area contributed by atoms with Crippen LogP contribution in [0.1, 0.15) is 11.1 Å². The van der Waals surface area contributed by atoms with E-state index in [-0.39, 0.29) is 12.0 Å². The highest BCUT2D eigenvalue weighted by Gasteiger charge is 2.24. The summed E-state index contributed by atoms with van der Waals surface area (Å²) in [5.74, 6) is 0.975. The summed E-state index contributed by atoms with van der Waals surface area (Å²) in [7, 11) is 1.66. The van der Waals surface area contributed by atoms with E-state index in [1.165, 1.54) is 5.56 Å². The normalized spacial score (nSPS) is 17.5. The minimum Gasteiger partial charge on any atom is -0.497 e. The molecule has 2 aromatic rings. The largest absolute Gasteiger partial charge is 0.497 e. The maximum absolute atomic E-state index is 12.5. The number of carbonyl (C=O) groups excluding carboxylic acids is 1. The van der Waals surface area contributed by atoms with Gasteiger partial charge in [0.05, 0.1) is 26.2 Å². The average Bonchev–Trinajstić information content (AvgIpc) is 2.63. The topological polar surface area (TPSA) is 51.7 Å². The molecule has 1 aliphatic rings. The van der Waals surface area contributed by atoms with Crippen molar-refractivity contribution in [3.05, 3.63) is 59.9 Å². The second-order valence-electron chi connectivity index (χ2n) is 5.92. The van der Waals surface area contributed by atoms with E-state index in [0.717, 1.165) is 17.7 Å². The molecule has 5 heteroatoms. The Labute approximate surface area is 142 Å². The van der Waals surface area contributed by atoms with Gasteiger partial charge in [0.2, 0.25) is 5.91 Å². The van der Waals surface area contributed by atoms with Crippen LogP contribution < -0.4 is 4.74 Å². The SMILES string of the molecule is COc1ccc(CC2CN(C(=O)Cc3cccnc3)CCO2)cc1. The lowest BCUT2D eigenvalue weighted by Gasteiger charge is -2.33. The lowest BCUT2D eigenvalue weighted by molar-refractivity contribution is -0.138. The van der Waals surface area contributed by atoms with Crippen molar-refractivity contribution in [2.75, 3.05) is 26.8 Å². The second-order valence-corrected chi connectivity index (χ2v) is 5.92. The summed E-state index contributed by atoms with van der Waals surface area (Å²) < 4.78 is 11.0. The minimum absolute atomic E-state index is 0.0324. The predicted molar refractivity (Wildman–Crippen MR) is 91.0 cm³/mol. The van der Waals surface area contributed by atoms with Gasteiger partial charge in [0.15, 0.2) is 0 Å². The summed E-state index contributed by atoms with van der Waals surface area (Å²) >= 11 is 0. The molecule has 1 aliphatic heterocycles. The first-order valence-electron chi connectivity index (χ1n) is 8.16. The Bertz CT molecular complexity index is 658. The number of carbonyl (C=O) groups is 1. The molecule has 24 heavy (non-hydrogen) atoms. The third-order valence-corrected chi connectivity index (χ3v) is 4.19. The average molecular weight is 326 g/mol. The predicted octanol–water partition coefficient (Wildman–Crippen LogP) is 2.10. The molecule has 1 amide bonds. The summed E-state index contributed by atoms with van der Waals surface area (Å²) in [5.41, 5.74) is 2.13. The molecule has 0 bridgehead atoms. The van der Waals surface area contributed by atoms with Crippen molar-refractivity contribution in [3.63, 3.8) is 0 Å². The third-order valence-electron chi connectivity index (χ3n) is 4.19. The molecule has 1 aromatic carbocycles. The van der Waals surface area contributed by atoms with Crippen LogP contribution in [0.15, 0.2) is 48.8 Å². The van der Waals surface area contributed by atoms with Crippen molar-refractivity contribution < 1.29 is 14.3 Å². The summed E-state index contributed by atoms with van der Waals surface area (Å²) in [6, 6.07) is 11.8. The third kappa shape index (κ3) is 4.32. The number of aromatic nitrogens is 1. The number of pyridine rings is 1. The monoisotopic (exact) mass is 326 g/mol. The van der Waals surface area contributed by atoms with Gasteiger partial charge >= 0.3 is 0 Å². The second kappa shape index (κ2) is 7.93. The standard InChI is InChI=1S/C19H22N2O3/c1-23-17-6-4-15(5-7-17)11-18-14-21(9-10-24-18)19(22)12-16-3-2-8-20-13-16/h2-8,13,18H,9-12,14H2,1H3. The molecular formula is C19H22N2O3. The van der Waals surface area contributed by atoms with Gasteiger partial charge < -0.3 is 14.4 Å².